The second-order valence-corrected chi connectivity index (χ2v) is 8.66. The van der Waals surface area contributed by atoms with Gasteiger partial charge >= 0.3 is 0 Å². The first kappa shape index (κ1) is 23.1. The van der Waals surface area contributed by atoms with Crippen molar-refractivity contribution in [2.24, 2.45) is 0 Å². The van der Waals surface area contributed by atoms with Gasteiger partial charge in [0.1, 0.15) is 18.1 Å². The molecule has 0 saturated heterocycles. The van der Waals surface area contributed by atoms with Crippen molar-refractivity contribution in [2.75, 3.05) is 18.2 Å². The van der Waals surface area contributed by atoms with Crippen LogP contribution in [-0.4, -0.2) is 33.5 Å². The zero-order valence-corrected chi connectivity index (χ0v) is 20.3. The van der Waals surface area contributed by atoms with Gasteiger partial charge in [-0.25, -0.2) is 0 Å². The van der Waals surface area contributed by atoms with Gasteiger partial charge in [-0.2, -0.15) is 0 Å². The molecule has 9 heteroatoms. The average molecular weight is 505 g/mol. The van der Waals surface area contributed by atoms with E-state index in [4.69, 9.17) is 9.47 Å². The second-order valence-electron chi connectivity index (χ2n) is 6.86. The summed E-state index contributed by atoms with van der Waals surface area (Å²) in [4.78, 5) is 12.5. The van der Waals surface area contributed by atoms with Crippen LogP contribution in [0.4, 0.5) is 5.69 Å². The Morgan fingerprint density at radius 2 is 1.81 bits per heavy atom. The van der Waals surface area contributed by atoms with Crippen LogP contribution in [0.1, 0.15) is 23.9 Å². The lowest BCUT2D eigenvalue weighted by Gasteiger charge is -2.11. The summed E-state index contributed by atoms with van der Waals surface area (Å²) in [6, 6.07) is 11.3. The number of amides is 1. The minimum absolute atomic E-state index is 0.101. The van der Waals surface area contributed by atoms with Crippen LogP contribution in [0, 0.1) is 13.8 Å². The number of methoxy groups -OCH3 is 1. The predicted molar refractivity (Wildman–Crippen MR) is 126 cm³/mol. The van der Waals surface area contributed by atoms with Crippen molar-refractivity contribution < 1.29 is 14.3 Å². The number of carbonyl (C=O) groups is 1. The smallest absolute Gasteiger partial charge is 0.234 e. The average Bonchev–Trinajstić information content (AvgIpc) is 3.16. The third-order valence-electron chi connectivity index (χ3n) is 4.73. The molecule has 0 aliphatic rings. The summed E-state index contributed by atoms with van der Waals surface area (Å²) in [5, 5.41) is 12.1. The molecule has 1 N–H and O–H groups in total. The maximum absolute atomic E-state index is 12.5. The fraction of sp³-hybridized carbons (Fsp3) is 0.318. The third kappa shape index (κ3) is 6.01. The Labute approximate surface area is 194 Å². The van der Waals surface area contributed by atoms with Crippen molar-refractivity contribution in [1.82, 2.24) is 14.8 Å². The van der Waals surface area contributed by atoms with Crippen LogP contribution < -0.4 is 14.8 Å². The van der Waals surface area contributed by atoms with Crippen molar-refractivity contribution in [3.8, 4) is 11.5 Å². The van der Waals surface area contributed by atoms with Gasteiger partial charge in [0.25, 0.3) is 0 Å². The SMILES string of the molecule is CCn1c(COc2ccc(OC)cc2)nnc1SCC(=O)Nc1cc(C)c(C)cc1Br. The Balaban J connectivity index is 1.58. The van der Waals surface area contributed by atoms with Gasteiger partial charge in [-0.05, 0) is 84.2 Å². The number of halogens is 1. The molecule has 0 aliphatic heterocycles. The molecule has 0 unspecified atom stereocenters. The molecule has 0 saturated carbocycles. The van der Waals surface area contributed by atoms with Crippen molar-refractivity contribution in [3.05, 3.63) is 57.8 Å². The molecular weight excluding hydrogens is 480 g/mol. The number of hydrogen-bond acceptors (Lipinski definition) is 6. The van der Waals surface area contributed by atoms with E-state index in [9.17, 15) is 4.79 Å². The summed E-state index contributed by atoms with van der Waals surface area (Å²) in [5.41, 5.74) is 3.05. The van der Waals surface area contributed by atoms with Crippen LogP contribution in [-0.2, 0) is 17.9 Å². The molecule has 3 rings (SSSR count). The standard InChI is InChI=1S/C22H25BrN4O3S/c1-5-27-20(12-30-17-8-6-16(29-4)7-9-17)25-26-22(27)31-13-21(28)24-19-11-15(3)14(2)10-18(19)23/h6-11H,5,12-13H2,1-4H3,(H,24,28). The summed E-state index contributed by atoms with van der Waals surface area (Å²) in [6.07, 6.45) is 0. The number of nitrogens with zero attached hydrogens (tertiary/aromatic N) is 3. The van der Waals surface area contributed by atoms with Crippen LogP contribution in [0.2, 0.25) is 0 Å². The minimum Gasteiger partial charge on any atom is -0.497 e. The van der Waals surface area contributed by atoms with Gasteiger partial charge in [0.05, 0.1) is 18.6 Å². The number of rotatable bonds is 9. The Morgan fingerprint density at radius 1 is 1.13 bits per heavy atom. The van der Waals surface area contributed by atoms with Gasteiger partial charge in [-0.15, -0.1) is 10.2 Å². The van der Waals surface area contributed by atoms with E-state index < -0.39 is 0 Å². The number of ether oxygens (including phenoxy) is 2. The molecule has 0 atom stereocenters. The highest BCUT2D eigenvalue weighted by Crippen LogP contribution is 2.27. The van der Waals surface area contributed by atoms with Crippen LogP contribution in [0.5, 0.6) is 11.5 Å². The van der Waals surface area contributed by atoms with Crippen molar-refractivity contribution in [2.45, 2.75) is 39.1 Å². The van der Waals surface area contributed by atoms with Gasteiger partial charge in [0, 0.05) is 11.0 Å². The molecule has 0 bridgehead atoms. The van der Waals surface area contributed by atoms with Gasteiger partial charge in [-0.1, -0.05) is 11.8 Å². The highest BCUT2D eigenvalue weighted by molar-refractivity contribution is 9.10. The molecule has 1 heterocycles. The summed E-state index contributed by atoms with van der Waals surface area (Å²) >= 11 is 4.86. The number of aromatic nitrogens is 3. The monoisotopic (exact) mass is 504 g/mol. The summed E-state index contributed by atoms with van der Waals surface area (Å²) < 4.78 is 13.8. The number of nitrogens with one attached hydrogen (secondary N) is 1. The van der Waals surface area contributed by atoms with E-state index in [2.05, 4.69) is 31.4 Å². The molecule has 31 heavy (non-hydrogen) atoms. The van der Waals surface area contributed by atoms with E-state index in [1.165, 1.54) is 17.3 Å². The highest BCUT2D eigenvalue weighted by atomic mass is 79.9. The Morgan fingerprint density at radius 3 is 2.48 bits per heavy atom. The first-order valence-electron chi connectivity index (χ1n) is 9.79. The molecule has 0 fully saturated rings. The molecule has 7 nitrogen and oxygen atoms in total. The van der Waals surface area contributed by atoms with E-state index in [1.54, 1.807) is 7.11 Å². The van der Waals surface area contributed by atoms with Gasteiger partial charge in [0.2, 0.25) is 5.91 Å². The Kier molecular flexibility index (Phi) is 7.97. The molecule has 1 amide bonds. The van der Waals surface area contributed by atoms with E-state index in [0.717, 1.165) is 27.2 Å². The quantitative estimate of drug-likeness (QED) is 0.413. The zero-order chi connectivity index (χ0) is 22.4. The van der Waals surface area contributed by atoms with E-state index in [1.807, 2.05) is 61.7 Å². The molecular formula is C22H25BrN4O3S. The van der Waals surface area contributed by atoms with Gasteiger partial charge < -0.3 is 19.4 Å². The van der Waals surface area contributed by atoms with Crippen LogP contribution in [0.15, 0.2) is 46.0 Å². The van der Waals surface area contributed by atoms with Gasteiger partial charge in [-0.3, -0.25) is 4.79 Å². The fourth-order valence-electron chi connectivity index (χ4n) is 2.86. The Hall–Kier alpha value is -2.52. The van der Waals surface area contributed by atoms with E-state index in [0.29, 0.717) is 17.5 Å². The number of benzene rings is 2. The van der Waals surface area contributed by atoms with Crippen molar-refractivity contribution in [1.29, 1.82) is 0 Å². The number of anilines is 1. The minimum atomic E-state index is -0.101. The molecule has 0 spiro atoms. The van der Waals surface area contributed by atoms with E-state index >= 15 is 0 Å². The lowest BCUT2D eigenvalue weighted by Crippen LogP contribution is -2.15. The Bertz CT molecular complexity index is 1050. The third-order valence-corrected chi connectivity index (χ3v) is 6.35. The molecule has 3 aromatic rings. The molecule has 164 valence electrons. The number of carbonyl (C=O) groups excluding carboxylic acids is 1. The largest absolute Gasteiger partial charge is 0.497 e. The van der Waals surface area contributed by atoms with Crippen LogP contribution >= 0.6 is 27.7 Å². The number of hydrogen-bond donors (Lipinski definition) is 1. The first-order chi connectivity index (χ1) is 14.9. The lowest BCUT2D eigenvalue weighted by atomic mass is 10.1. The highest BCUT2D eigenvalue weighted by Gasteiger charge is 2.15. The lowest BCUT2D eigenvalue weighted by molar-refractivity contribution is -0.113. The summed E-state index contributed by atoms with van der Waals surface area (Å²) in [6.45, 7) is 7.04. The predicted octanol–water partition coefficient (Wildman–Crippen LogP) is 5.00. The molecule has 0 radical (unpaired) electrons. The van der Waals surface area contributed by atoms with Crippen molar-refractivity contribution >= 4 is 39.3 Å². The maximum atomic E-state index is 12.5. The number of aryl methyl sites for hydroxylation is 2. The van der Waals surface area contributed by atoms with Gasteiger partial charge in [0.15, 0.2) is 11.0 Å². The molecule has 1 aromatic heterocycles. The molecule has 2 aromatic carbocycles. The van der Waals surface area contributed by atoms with Crippen LogP contribution in [0.25, 0.3) is 0 Å². The topological polar surface area (TPSA) is 78.3 Å². The second kappa shape index (κ2) is 10.7. The summed E-state index contributed by atoms with van der Waals surface area (Å²) in [5.74, 6) is 2.33. The van der Waals surface area contributed by atoms with Crippen molar-refractivity contribution in [3.63, 3.8) is 0 Å². The maximum Gasteiger partial charge on any atom is 0.234 e. The fourth-order valence-corrected chi connectivity index (χ4v) is 4.24. The van der Waals surface area contributed by atoms with Crippen LogP contribution in [0.3, 0.4) is 0 Å². The number of thioether (sulfide) groups is 1. The summed E-state index contributed by atoms with van der Waals surface area (Å²) in [7, 11) is 1.62. The van der Waals surface area contributed by atoms with E-state index in [-0.39, 0.29) is 18.3 Å². The first-order valence-corrected chi connectivity index (χ1v) is 11.6. The molecule has 0 aliphatic carbocycles. The zero-order valence-electron chi connectivity index (χ0n) is 17.9. The normalized spacial score (nSPS) is 10.7.